The number of hydrogen-bond donors (Lipinski definition) is 1. The molecule has 2 aromatic carbocycles. The van der Waals surface area contributed by atoms with Crippen LogP contribution in [0.5, 0.6) is 0 Å². The smallest absolute Gasteiger partial charge is 0.294 e. The molecule has 1 fully saturated rings. The molecule has 1 aliphatic heterocycles. The van der Waals surface area contributed by atoms with Gasteiger partial charge in [-0.2, -0.15) is 0 Å². The van der Waals surface area contributed by atoms with Gasteiger partial charge < -0.3 is 9.80 Å². The molecule has 2 aromatic rings. The van der Waals surface area contributed by atoms with Gasteiger partial charge in [-0.15, -0.1) is 0 Å². The molecule has 1 heterocycles. The van der Waals surface area contributed by atoms with E-state index < -0.39 is 4.92 Å². The fourth-order valence-corrected chi connectivity index (χ4v) is 4.02. The number of piperazine rings is 1. The maximum atomic E-state index is 12.4. The number of nitrogens with zero attached hydrogens (tertiary/aromatic N) is 3. The van der Waals surface area contributed by atoms with Gasteiger partial charge in [0.25, 0.3) is 11.6 Å². The topological polar surface area (TPSA) is 78.7 Å². The van der Waals surface area contributed by atoms with Crippen molar-refractivity contribution in [1.82, 2.24) is 10.2 Å². The van der Waals surface area contributed by atoms with E-state index >= 15 is 0 Å². The molecule has 0 unspecified atom stereocenters. The molecule has 1 aliphatic rings. The highest BCUT2D eigenvalue weighted by Crippen LogP contribution is 2.35. The van der Waals surface area contributed by atoms with Crippen molar-refractivity contribution < 1.29 is 9.72 Å². The van der Waals surface area contributed by atoms with Gasteiger partial charge in [0, 0.05) is 36.7 Å². The standard InChI is InChI=1S/C18H16BrClN4O3S/c19-13-5-2-1-4-12(13)17(25)21-18(28)23-10-8-22(9-11-23)16-14(20)6-3-7-15(16)24(26)27/h1-7H,8-11H2,(H,21,25,28). The van der Waals surface area contributed by atoms with Crippen LogP contribution in [0.2, 0.25) is 5.02 Å². The highest BCUT2D eigenvalue weighted by Gasteiger charge is 2.27. The molecule has 1 saturated heterocycles. The summed E-state index contributed by atoms with van der Waals surface area (Å²) in [5.41, 5.74) is 0.887. The monoisotopic (exact) mass is 482 g/mol. The lowest BCUT2D eigenvalue weighted by molar-refractivity contribution is -0.384. The van der Waals surface area contributed by atoms with Gasteiger partial charge >= 0.3 is 0 Å². The highest BCUT2D eigenvalue weighted by molar-refractivity contribution is 9.10. The number of anilines is 1. The van der Waals surface area contributed by atoms with Crippen LogP contribution in [-0.4, -0.2) is 47.0 Å². The van der Waals surface area contributed by atoms with E-state index in [-0.39, 0.29) is 11.6 Å². The summed E-state index contributed by atoms with van der Waals surface area (Å²) in [5.74, 6) is -0.290. The van der Waals surface area contributed by atoms with Gasteiger partial charge in [-0.3, -0.25) is 20.2 Å². The minimum absolute atomic E-state index is 0.0224. The number of rotatable bonds is 3. The molecule has 146 valence electrons. The zero-order valence-corrected chi connectivity index (χ0v) is 17.8. The van der Waals surface area contributed by atoms with Crippen molar-refractivity contribution in [2.24, 2.45) is 0 Å². The largest absolute Gasteiger partial charge is 0.361 e. The Labute approximate surface area is 180 Å². The third-order valence-corrected chi connectivity index (χ3v) is 5.74. The number of nitro groups is 1. The van der Waals surface area contributed by atoms with Crippen LogP contribution in [0.25, 0.3) is 0 Å². The second-order valence-electron chi connectivity index (χ2n) is 6.08. The molecule has 0 saturated carbocycles. The lowest BCUT2D eigenvalue weighted by Crippen LogP contribution is -2.52. The van der Waals surface area contributed by atoms with Crippen LogP contribution >= 0.6 is 39.7 Å². The van der Waals surface area contributed by atoms with Crippen molar-refractivity contribution in [2.75, 3.05) is 31.1 Å². The molecule has 0 aromatic heterocycles. The van der Waals surface area contributed by atoms with E-state index in [1.165, 1.54) is 6.07 Å². The van der Waals surface area contributed by atoms with E-state index in [9.17, 15) is 14.9 Å². The highest BCUT2D eigenvalue weighted by atomic mass is 79.9. The fraction of sp³-hybridized carbons (Fsp3) is 0.222. The third-order valence-electron chi connectivity index (χ3n) is 4.38. The second-order valence-corrected chi connectivity index (χ2v) is 7.73. The minimum atomic E-state index is -0.434. The molecule has 3 rings (SSSR count). The summed E-state index contributed by atoms with van der Waals surface area (Å²) in [6.45, 7) is 2.01. The number of hydrogen-bond acceptors (Lipinski definition) is 5. The zero-order chi connectivity index (χ0) is 20.3. The number of amides is 1. The van der Waals surface area contributed by atoms with Crippen molar-refractivity contribution in [3.8, 4) is 0 Å². The maximum absolute atomic E-state index is 12.4. The van der Waals surface area contributed by atoms with Gasteiger partial charge in [0.15, 0.2) is 5.11 Å². The number of halogens is 2. The first-order chi connectivity index (χ1) is 13.4. The number of nitrogens with one attached hydrogen (secondary N) is 1. The van der Waals surface area contributed by atoms with Crippen LogP contribution in [0.3, 0.4) is 0 Å². The summed E-state index contributed by atoms with van der Waals surface area (Å²) >= 11 is 14.9. The molecular weight excluding hydrogens is 468 g/mol. The Morgan fingerprint density at radius 2 is 1.82 bits per heavy atom. The van der Waals surface area contributed by atoms with Gasteiger partial charge in [0.1, 0.15) is 5.69 Å². The zero-order valence-electron chi connectivity index (χ0n) is 14.6. The van der Waals surface area contributed by atoms with Crippen LogP contribution in [0.15, 0.2) is 46.9 Å². The molecule has 0 aliphatic carbocycles. The van der Waals surface area contributed by atoms with E-state index in [1.807, 2.05) is 15.9 Å². The van der Waals surface area contributed by atoms with E-state index in [0.717, 1.165) is 0 Å². The molecule has 7 nitrogen and oxygen atoms in total. The Hall–Kier alpha value is -2.23. The first-order valence-corrected chi connectivity index (χ1v) is 9.99. The summed E-state index contributed by atoms with van der Waals surface area (Å²) in [6, 6.07) is 11.7. The van der Waals surface area contributed by atoms with Crippen molar-refractivity contribution >= 4 is 62.1 Å². The Balaban J connectivity index is 1.65. The summed E-state index contributed by atoms with van der Waals surface area (Å²) < 4.78 is 0.686. The quantitative estimate of drug-likeness (QED) is 0.406. The van der Waals surface area contributed by atoms with Gasteiger partial charge in [-0.1, -0.05) is 29.8 Å². The van der Waals surface area contributed by atoms with Crippen LogP contribution in [0.4, 0.5) is 11.4 Å². The Morgan fingerprint density at radius 1 is 1.14 bits per heavy atom. The number of benzene rings is 2. The van der Waals surface area contributed by atoms with E-state index in [2.05, 4.69) is 21.2 Å². The minimum Gasteiger partial charge on any atom is -0.361 e. The number of para-hydroxylation sites is 1. The van der Waals surface area contributed by atoms with E-state index in [0.29, 0.717) is 52.0 Å². The SMILES string of the molecule is O=C(NC(=S)N1CCN(c2c(Cl)cccc2[N+](=O)[O-])CC1)c1ccccc1Br. The molecule has 10 heteroatoms. The lowest BCUT2D eigenvalue weighted by atomic mass is 10.2. The number of carbonyl (C=O) groups is 1. The summed E-state index contributed by atoms with van der Waals surface area (Å²) in [6.07, 6.45) is 0. The molecule has 0 bridgehead atoms. The van der Waals surface area contributed by atoms with Crippen LogP contribution in [0, 0.1) is 10.1 Å². The first kappa shape index (κ1) is 20.5. The predicted molar refractivity (Wildman–Crippen MR) is 116 cm³/mol. The summed E-state index contributed by atoms with van der Waals surface area (Å²) in [4.78, 5) is 27.0. The molecule has 1 N–H and O–H groups in total. The average Bonchev–Trinajstić information content (AvgIpc) is 2.68. The van der Waals surface area contributed by atoms with Gasteiger partial charge in [-0.25, -0.2) is 0 Å². The van der Waals surface area contributed by atoms with Crippen molar-refractivity contribution in [2.45, 2.75) is 0 Å². The van der Waals surface area contributed by atoms with E-state index in [1.54, 1.807) is 30.3 Å². The lowest BCUT2D eigenvalue weighted by Gasteiger charge is -2.37. The first-order valence-electron chi connectivity index (χ1n) is 8.41. The fourth-order valence-electron chi connectivity index (χ4n) is 2.99. The number of carbonyl (C=O) groups excluding carboxylic acids is 1. The molecule has 0 spiro atoms. The Kier molecular flexibility index (Phi) is 6.48. The van der Waals surface area contributed by atoms with Gasteiger partial charge in [0.2, 0.25) is 0 Å². The summed E-state index contributed by atoms with van der Waals surface area (Å²) in [7, 11) is 0. The number of thiocarbonyl (C=S) groups is 1. The molecule has 1 amide bonds. The Bertz CT molecular complexity index is 935. The number of nitro benzene ring substituents is 1. The maximum Gasteiger partial charge on any atom is 0.294 e. The van der Waals surface area contributed by atoms with Gasteiger partial charge in [-0.05, 0) is 46.3 Å². The molecule has 0 radical (unpaired) electrons. The Morgan fingerprint density at radius 3 is 2.46 bits per heavy atom. The molecule has 28 heavy (non-hydrogen) atoms. The third kappa shape index (κ3) is 4.43. The molecular formula is C18H16BrClN4O3S. The average molecular weight is 484 g/mol. The van der Waals surface area contributed by atoms with Crippen LogP contribution < -0.4 is 10.2 Å². The van der Waals surface area contributed by atoms with E-state index in [4.69, 9.17) is 23.8 Å². The van der Waals surface area contributed by atoms with Crippen molar-refractivity contribution in [3.05, 3.63) is 67.6 Å². The van der Waals surface area contributed by atoms with Crippen LogP contribution in [-0.2, 0) is 0 Å². The summed E-state index contributed by atoms with van der Waals surface area (Å²) in [5, 5.41) is 14.7. The van der Waals surface area contributed by atoms with Crippen molar-refractivity contribution in [3.63, 3.8) is 0 Å². The van der Waals surface area contributed by atoms with Gasteiger partial charge in [0.05, 0.1) is 15.5 Å². The van der Waals surface area contributed by atoms with Crippen LogP contribution in [0.1, 0.15) is 10.4 Å². The molecule has 0 atom stereocenters. The normalized spacial score (nSPS) is 13.9. The second kappa shape index (κ2) is 8.85. The van der Waals surface area contributed by atoms with Crippen molar-refractivity contribution in [1.29, 1.82) is 0 Å². The predicted octanol–water partition coefficient (Wildman–Crippen LogP) is 3.85.